The molecule has 4 rings (SSSR count). The number of carbonyl (C=O) groups is 1. The fourth-order valence-electron chi connectivity index (χ4n) is 3.46. The molecule has 0 aliphatic heterocycles. The number of methoxy groups -OCH3 is 1. The number of hydrogen-bond donors (Lipinski definition) is 0. The molecule has 0 spiro atoms. The molecule has 1 aliphatic carbocycles. The van der Waals surface area contributed by atoms with Crippen molar-refractivity contribution in [3.8, 4) is 11.5 Å². The van der Waals surface area contributed by atoms with Gasteiger partial charge in [-0.2, -0.15) is 8.78 Å². The van der Waals surface area contributed by atoms with Gasteiger partial charge >= 0.3 is 6.61 Å². The summed E-state index contributed by atoms with van der Waals surface area (Å²) >= 11 is 0. The van der Waals surface area contributed by atoms with Crippen molar-refractivity contribution in [2.45, 2.75) is 38.6 Å². The fourth-order valence-corrected chi connectivity index (χ4v) is 3.46. The Morgan fingerprint density at radius 1 is 1.23 bits per heavy atom. The van der Waals surface area contributed by atoms with Crippen LogP contribution in [0.5, 0.6) is 11.5 Å². The smallest absolute Gasteiger partial charge is 0.387 e. The Hall–Kier alpha value is -3.49. The molecular weight excluding hydrogens is 408 g/mol. The number of halogens is 2. The highest BCUT2D eigenvalue weighted by Gasteiger charge is 2.33. The van der Waals surface area contributed by atoms with Crippen LogP contribution in [0.25, 0.3) is 10.9 Å². The first-order chi connectivity index (χ1) is 15.0. The minimum Gasteiger partial charge on any atom is -0.493 e. The number of amides is 1. The molecule has 2 aromatic carbocycles. The molecule has 0 N–H and O–H groups in total. The van der Waals surface area contributed by atoms with Gasteiger partial charge in [-0.1, -0.05) is 18.2 Å². The molecule has 1 saturated carbocycles. The quantitative estimate of drug-likeness (QED) is 0.550. The Morgan fingerprint density at radius 3 is 2.71 bits per heavy atom. The maximum absolute atomic E-state index is 13.0. The van der Waals surface area contributed by atoms with Gasteiger partial charge < -0.3 is 14.4 Å². The molecule has 9 heteroatoms. The summed E-state index contributed by atoms with van der Waals surface area (Å²) in [5, 5.41) is 0.454. The molecule has 31 heavy (non-hydrogen) atoms. The van der Waals surface area contributed by atoms with Crippen LogP contribution in [0.15, 0.2) is 53.6 Å². The van der Waals surface area contributed by atoms with E-state index in [1.54, 1.807) is 41.3 Å². The summed E-state index contributed by atoms with van der Waals surface area (Å²) in [6.45, 7) is -2.82. The van der Waals surface area contributed by atoms with E-state index < -0.39 is 6.61 Å². The van der Waals surface area contributed by atoms with Crippen LogP contribution in [0.1, 0.15) is 18.4 Å². The highest BCUT2D eigenvalue weighted by atomic mass is 19.3. The van der Waals surface area contributed by atoms with Crippen LogP contribution < -0.4 is 15.0 Å². The van der Waals surface area contributed by atoms with E-state index in [1.807, 2.05) is 0 Å². The van der Waals surface area contributed by atoms with Gasteiger partial charge in [-0.25, -0.2) is 4.98 Å². The Bertz CT molecular complexity index is 1160. The minimum atomic E-state index is -2.96. The van der Waals surface area contributed by atoms with Crippen LogP contribution in [0, 0.1) is 0 Å². The summed E-state index contributed by atoms with van der Waals surface area (Å²) in [6.07, 6.45) is 3.13. The predicted octanol–water partition coefficient (Wildman–Crippen LogP) is 3.20. The molecule has 162 valence electrons. The zero-order chi connectivity index (χ0) is 22.0. The largest absolute Gasteiger partial charge is 0.493 e. The maximum atomic E-state index is 13.0. The molecule has 0 radical (unpaired) electrons. The monoisotopic (exact) mass is 429 g/mol. The normalized spacial score (nSPS) is 13.4. The van der Waals surface area contributed by atoms with Crippen molar-refractivity contribution in [1.82, 2.24) is 14.5 Å². The molecule has 0 saturated heterocycles. The first-order valence-corrected chi connectivity index (χ1v) is 9.81. The average Bonchev–Trinajstić information content (AvgIpc) is 3.59. The van der Waals surface area contributed by atoms with Gasteiger partial charge in [0.25, 0.3) is 5.56 Å². The van der Waals surface area contributed by atoms with Crippen LogP contribution in [-0.4, -0.2) is 40.1 Å². The minimum absolute atomic E-state index is 0.0701. The number of alkyl halides is 2. The fraction of sp³-hybridized carbons (Fsp3) is 0.318. The second-order valence-electron chi connectivity index (χ2n) is 7.31. The van der Waals surface area contributed by atoms with Gasteiger partial charge in [0.05, 0.1) is 24.3 Å². The summed E-state index contributed by atoms with van der Waals surface area (Å²) in [4.78, 5) is 31.7. The molecule has 7 nitrogen and oxygen atoms in total. The highest BCUT2D eigenvalue weighted by Crippen LogP contribution is 2.32. The van der Waals surface area contributed by atoms with E-state index in [2.05, 4.69) is 9.72 Å². The van der Waals surface area contributed by atoms with E-state index in [0.717, 1.165) is 12.8 Å². The standard InChI is InChI=1S/C22H21F2N3O4/c1-30-19-10-14(6-9-18(19)31-22(23)24)11-27(15-7-8-15)20(28)12-26-13-25-17-5-3-2-4-16(17)21(26)29/h2-6,9-10,13,15,22H,7-8,11-12H2,1H3. The number of para-hydroxylation sites is 1. The number of aromatic nitrogens is 2. The predicted molar refractivity (Wildman–Crippen MR) is 109 cm³/mol. The maximum Gasteiger partial charge on any atom is 0.387 e. The number of carbonyl (C=O) groups excluding carboxylic acids is 1. The number of rotatable bonds is 8. The summed E-state index contributed by atoms with van der Waals surface area (Å²) < 4.78 is 36.0. The van der Waals surface area contributed by atoms with Gasteiger partial charge in [0.1, 0.15) is 6.54 Å². The second-order valence-corrected chi connectivity index (χ2v) is 7.31. The molecule has 1 aromatic heterocycles. The molecule has 0 atom stereocenters. The van der Waals surface area contributed by atoms with Crippen LogP contribution in [-0.2, 0) is 17.9 Å². The van der Waals surface area contributed by atoms with Crippen LogP contribution in [0.3, 0.4) is 0 Å². The third-order valence-corrected chi connectivity index (χ3v) is 5.14. The lowest BCUT2D eigenvalue weighted by Gasteiger charge is -2.23. The second kappa shape index (κ2) is 8.71. The van der Waals surface area contributed by atoms with Crippen molar-refractivity contribution < 1.29 is 23.0 Å². The molecule has 0 bridgehead atoms. The number of benzene rings is 2. The van der Waals surface area contributed by atoms with Gasteiger partial charge in [0, 0.05) is 12.6 Å². The van der Waals surface area contributed by atoms with Crippen molar-refractivity contribution >= 4 is 16.8 Å². The first-order valence-electron chi connectivity index (χ1n) is 9.81. The van der Waals surface area contributed by atoms with Crippen molar-refractivity contribution in [2.75, 3.05) is 7.11 Å². The van der Waals surface area contributed by atoms with E-state index in [9.17, 15) is 18.4 Å². The molecule has 0 unspecified atom stereocenters. The first kappa shape index (κ1) is 20.8. The van der Waals surface area contributed by atoms with E-state index in [-0.39, 0.29) is 42.1 Å². The van der Waals surface area contributed by atoms with Crippen LogP contribution in [0.2, 0.25) is 0 Å². The van der Waals surface area contributed by atoms with Gasteiger partial charge in [0.2, 0.25) is 5.91 Å². The number of hydrogen-bond acceptors (Lipinski definition) is 5. The van der Waals surface area contributed by atoms with Crippen molar-refractivity contribution in [3.63, 3.8) is 0 Å². The molecule has 1 fully saturated rings. The Kier molecular flexibility index (Phi) is 5.83. The zero-order valence-corrected chi connectivity index (χ0v) is 16.8. The summed E-state index contributed by atoms with van der Waals surface area (Å²) in [5.41, 5.74) is 1.01. The molecular formula is C22H21F2N3O4. The summed E-state index contributed by atoms with van der Waals surface area (Å²) in [5.74, 6) is -0.121. The lowest BCUT2D eigenvalue weighted by atomic mass is 10.2. The highest BCUT2D eigenvalue weighted by molar-refractivity contribution is 5.79. The van der Waals surface area contributed by atoms with Crippen molar-refractivity contribution in [1.29, 1.82) is 0 Å². The topological polar surface area (TPSA) is 73.7 Å². The Labute approximate surface area is 176 Å². The third kappa shape index (κ3) is 4.65. The molecule has 1 heterocycles. The van der Waals surface area contributed by atoms with Crippen molar-refractivity contribution in [2.24, 2.45) is 0 Å². The van der Waals surface area contributed by atoms with Gasteiger partial charge in [-0.15, -0.1) is 0 Å². The van der Waals surface area contributed by atoms with Gasteiger partial charge in [-0.3, -0.25) is 14.2 Å². The lowest BCUT2D eigenvalue weighted by Crippen LogP contribution is -2.37. The van der Waals surface area contributed by atoms with Gasteiger partial charge in [0.15, 0.2) is 11.5 Å². The molecule has 1 amide bonds. The number of fused-ring (bicyclic) bond motifs is 1. The van der Waals surface area contributed by atoms with Gasteiger partial charge in [-0.05, 0) is 42.7 Å². The summed E-state index contributed by atoms with van der Waals surface area (Å²) in [6, 6.07) is 11.6. The van der Waals surface area contributed by atoms with E-state index in [0.29, 0.717) is 16.5 Å². The Balaban J connectivity index is 1.54. The molecule has 3 aromatic rings. The summed E-state index contributed by atoms with van der Waals surface area (Å²) in [7, 11) is 1.36. The number of ether oxygens (including phenoxy) is 2. The third-order valence-electron chi connectivity index (χ3n) is 5.14. The van der Waals surface area contributed by atoms with Crippen LogP contribution in [0.4, 0.5) is 8.78 Å². The van der Waals surface area contributed by atoms with E-state index in [1.165, 1.54) is 24.1 Å². The van der Waals surface area contributed by atoms with Crippen LogP contribution >= 0.6 is 0 Å². The lowest BCUT2D eigenvalue weighted by molar-refractivity contribution is -0.133. The zero-order valence-electron chi connectivity index (χ0n) is 16.8. The average molecular weight is 429 g/mol. The van der Waals surface area contributed by atoms with E-state index >= 15 is 0 Å². The van der Waals surface area contributed by atoms with E-state index in [4.69, 9.17) is 4.74 Å². The number of nitrogens with zero attached hydrogens (tertiary/aromatic N) is 3. The SMILES string of the molecule is COc1cc(CN(C(=O)Cn2cnc3ccccc3c2=O)C2CC2)ccc1OC(F)F. The molecule has 1 aliphatic rings. The van der Waals surface area contributed by atoms with Crippen molar-refractivity contribution in [3.05, 3.63) is 64.7 Å². The Morgan fingerprint density at radius 2 is 2.00 bits per heavy atom.